The maximum atomic E-state index is 13.0. The molecule has 2 rings (SSSR count). The first-order chi connectivity index (χ1) is 11.8. The van der Waals surface area contributed by atoms with E-state index in [-0.39, 0.29) is 18.9 Å². The molecule has 5 nitrogen and oxygen atoms in total. The van der Waals surface area contributed by atoms with E-state index in [2.05, 4.69) is 0 Å². The van der Waals surface area contributed by atoms with Crippen molar-refractivity contribution in [2.75, 3.05) is 32.8 Å². The Balaban J connectivity index is 2.09. The van der Waals surface area contributed by atoms with E-state index < -0.39 is 18.1 Å². The zero-order chi connectivity index (χ0) is 18.4. The third kappa shape index (κ3) is 5.19. The monoisotopic (exact) mass is 358 g/mol. The highest BCUT2D eigenvalue weighted by Gasteiger charge is 2.44. The molecule has 0 N–H and O–H groups in total. The van der Waals surface area contributed by atoms with Gasteiger partial charge in [0, 0.05) is 26.1 Å². The van der Waals surface area contributed by atoms with Crippen molar-refractivity contribution in [1.82, 2.24) is 9.80 Å². The third-order valence-corrected chi connectivity index (χ3v) is 4.18. The number of halogens is 3. The summed E-state index contributed by atoms with van der Waals surface area (Å²) in [4.78, 5) is 26.3. The quantitative estimate of drug-likeness (QED) is 0.812. The van der Waals surface area contributed by atoms with Crippen molar-refractivity contribution in [3.63, 3.8) is 0 Å². The van der Waals surface area contributed by atoms with Crippen molar-refractivity contribution in [1.29, 1.82) is 0 Å². The maximum absolute atomic E-state index is 13.0. The summed E-state index contributed by atoms with van der Waals surface area (Å²) < 4.78 is 44.0. The van der Waals surface area contributed by atoms with Gasteiger partial charge in [-0.05, 0) is 12.5 Å². The highest BCUT2D eigenvalue weighted by atomic mass is 19.4. The Morgan fingerprint density at radius 1 is 1.20 bits per heavy atom. The van der Waals surface area contributed by atoms with E-state index in [9.17, 15) is 22.8 Å². The molecule has 138 valence electrons. The second-order valence-electron chi connectivity index (χ2n) is 5.83. The van der Waals surface area contributed by atoms with Crippen LogP contribution in [-0.2, 0) is 14.3 Å². The molecule has 0 aliphatic carbocycles. The highest BCUT2D eigenvalue weighted by molar-refractivity contribution is 5.83. The lowest BCUT2D eigenvalue weighted by molar-refractivity contribution is -0.188. The van der Waals surface area contributed by atoms with Crippen LogP contribution in [0.15, 0.2) is 30.3 Å². The number of hydrogen-bond donors (Lipinski definition) is 0. The van der Waals surface area contributed by atoms with Crippen LogP contribution in [0.2, 0.25) is 0 Å². The Kier molecular flexibility index (Phi) is 6.41. The van der Waals surface area contributed by atoms with Crippen molar-refractivity contribution >= 4 is 11.8 Å². The van der Waals surface area contributed by atoms with Gasteiger partial charge in [0.1, 0.15) is 0 Å². The number of amides is 2. The molecule has 1 atom stereocenters. The van der Waals surface area contributed by atoms with E-state index in [4.69, 9.17) is 4.74 Å². The number of rotatable bonds is 5. The number of benzene rings is 1. The van der Waals surface area contributed by atoms with E-state index in [0.29, 0.717) is 36.8 Å². The van der Waals surface area contributed by atoms with Crippen molar-refractivity contribution in [3.8, 4) is 0 Å². The van der Waals surface area contributed by atoms with Gasteiger partial charge in [0.15, 0.2) is 0 Å². The molecule has 0 bridgehead atoms. The Labute approximate surface area is 144 Å². The molecule has 25 heavy (non-hydrogen) atoms. The van der Waals surface area contributed by atoms with Crippen molar-refractivity contribution in [2.24, 2.45) is 0 Å². The molecule has 1 fully saturated rings. The van der Waals surface area contributed by atoms with Gasteiger partial charge in [-0.2, -0.15) is 13.2 Å². The second-order valence-corrected chi connectivity index (χ2v) is 5.83. The van der Waals surface area contributed by atoms with E-state index in [1.807, 2.05) is 0 Å². The molecule has 1 heterocycles. The zero-order valence-corrected chi connectivity index (χ0v) is 14.0. The van der Waals surface area contributed by atoms with Crippen LogP contribution in [0.3, 0.4) is 0 Å². The molecule has 0 saturated carbocycles. The number of alkyl halides is 3. The number of carbonyl (C=O) groups excluding carboxylic acids is 2. The fraction of sp³-hybridized carbons (Fsp3) is 0.529. The lowest BCUT2D eigenvalue weighted by Crippen LogP contribution is -2.46. The summed E-state index contributed by atoms with van der Waals surface area (Å²) in [6.45, 7) is 2.90. The molecule has 1 aromatic rings. The molecular weight excluding hydrogens is 337 g/mol. The van der Waals surface area contributed by atoms with Gasteiger partial charge < -0.3 is 14.5 Å². The summed E-state index contributed by atoms with van der Waals surface area (Å²) in [5, 5.41) is 0. The predicted molar refractivity (Wildman–Crippen MR) is 84.6 cm³/mol. The van der Waals surface area contributed by atoms with E-state index in [1.54, 1.807) is 35.2 Å². The summed E-state index contributed by atoms with van der Waals surface area (Å²) in [5.74, 6) is -2.21. The number of nitrogens with zero attached hydrogens (tertiary/aromatic N) is 2. The minimum atomic E-state index is -4.98. The van der Waals surface area contributed by atoms with Gasteiger partial charge in [0.05, 0.1) is 19.3 Å². The number of ether oxygens (including phenoxy) is 1. The van der Waals surface area contributed by atoms with Gasteiger partial charge >= 0.3 is 12.1 Å². The first kappa shape index (κ1) is 19.2. The largest absolute Gasteiger partial charge is 0.471 e. The van der Waals surface area contributed by atoms with Gasteiger partial charge in [-0.25, -0.2) is 0 Å². The lowest BCUT2D eigenvalue weighted by Gasteiger charge is -2.32. The van der Waals surface area contributed by atoms with Crippen LogP contribution in [0.5, 0.6) is 0 Å². The molecule has 1 aliphatic rings. The number of carbonyl (C=O) groups is 2. The lowest BCUT2D eigenvalue weighted by atomic mass is 10.1. The van der Waals surface area contributed by atoms with Crippen LogP contribution >= 0.6 is 0 Å². The number of morpholine rings is 1. The Morgan fingerprint density at radius 2 is 1.80 bits per heavy atom. The van der Waals surface area contributed by atoms with E-state index in [1.165, 1.54) is 6.92 Å². The fourth-order valence-corrected chi connectivity index (χ4v) is 2.73. The molecule has 0 radical (unpaired) electrons. The van der Waals surface area contributed by atoms with E-state index >= 15 is 0 Å². The Hall–Kier alpha value is -2.09. The minimum absolute atomic E-state index is 0.154. The van der Waals surface area contributed by atoms with Crippen LogP contribution in [0.25, 0.3) is 0 Å². The Bertz CT molecular complexity index is 587. The normalized spacial score (nSPS) is 16.4. The van der Waals surface area contributed by atoms with Gasteiger partial charge in [-0.1, -0.05) is 30.3 Å². The van der Waals surface area contributed by atoms with Crippen LogP contribution < -0.4 is 0 Å². The zero-order valence-electron chi connectivity index (χ0n) is 14.0. The van der Waals surface area contributed by atoms with Gasteiger partial charge in [0.2, 0.25) is 5.91 Å². The SMILES string of the molecule is C[C@@H](c1ccccc1)N(CCC(=O)N1CCOCC1)C(=O)C(F)(F)F. The van der Waals surface area contributed by atoms with Gasteiger partial charge in [-0.15, -0.1) is 0 Å². The first-order valence-corrected chi connectivity index (χ1v) is 8.09. The summed E-state index contributed by atoms with van der Waals surface area (Å²) in [5.41, 5.74) is 0.582. The maximum Gasteiger partial charge on any atom is 0.471 e. The third-order valence-electron chi connectivity index (χ3n) is 4.18. The molecule has 1 saturated heterocycles. The molecule has 0 aromatic heterocycles. The topological polar surface area (TPSA) is 49.9 Å². The standard InChI is InChI=1S/C17H21F3N2O3/c1-13(14-5-3-2-4-6-14)22(16(24)17(18,19)20)8-7-15(23)21-9-11-25-12-10-21/h2-6,13H,7-12H2,1H3/t13-/m0/s1. The highest BCUT2D eigenvalue weighted by Crippen LogP contribution is 2.27. The van der Waals surface area contributed by atoms with Crippen LogP contribution in [-0.4, -0.2) is 60.6 Å². The molecule has 0 unspecified atom stereocenters. The molecule has 1 aliphatic heterocycles. The van der Waals surface area contributed by atoms with Crippen LogP contribution in [0.4, 0.5) is 13.2 Å². The van der Waals surface area contributed by atoms with Gasteiger partial charge in [-0.3, -0.25) is 9.59 Å². The molecule has 8 heteroatoms. The predicted octanol–water partition coefficient (Wildman–Crippen LogP) is 2.39. The Morgan fingerprint density at radius 3 is 2.36 bits per heavy atom. The van der Waals surface area contributed by atoms with Crippen molar-refractivity contribution in [3.05, 3.63) is 35.9 Å². The van der Waals surface area contributed by atoms with Gasteiger partial charge in [0.25, 0.3) is 0 Å². The summed E-state index contributed by atoms with van der Waals surface area (Å²) in [6, 6.07) is 7.67. The average molecular weight is 358 g/mol. The van der Waals surface area contributed by atoms with E-state index in [0.717, 1.165) is 0 Å². The summed E-state index contributed by atoms with van der Waals surface area (Å²) in [6.07, 6.45) is -5.13. The summed E-state index contributed by atoms with van der Waals surface area (Å²) in [7, 11) is 0. The molecule has 2 amide bonds. The van der Waals surface area contributed by atoms with Crippen LogP contribution in [0, 0.1) is 0 Å². The minimum Gasteiger partial charge on any atom is -0.378 e. The second kappa shape index (κ2) is 8.33. The smallest absolute Gasteiger partial charge is 0.378 e. The molecule has 0 spiro atoms. The number of hydrogen-bond acceptors (Lipinski definition) is 3. The average Bonchev–Trinajstić information content (AvgIpc) is 2.62. The van der Waals surface area contributed by atoms with Crippen molar-refractivity contribution in [2.45, 2.75) is 25.6 Å². The van der Waals surface area contributed by atoms with Crippen LogP contribution in [0.1, 0.15) is 24.9 Å². The van der Waals surface area contributed by atoms with Crippen molar-refractivity contribution < 1.29 is 27.5 Å². The first-order valence-electron chi connectivity index (χ1n) is 8.09. The molecule has 1 aromatic carbocycles. The summed E-state index contributed by atoms with van der Waals surface area (Å²) >= 11 is 0. The fourth-order valence-electron chi connectivity index (χ4n) is 2.73. The molecular formula is C17H21F3N2O3.